The van der Waals surface area contributed by atoms with Crippen LogP contribution < -0.4 is 0 Å². The molecule has 0 aromatic rings. The molecule has 3 nitrogen and oxygen atoms in total. The Labute approximate surface area is 143 Å². The third-order valence-electron chi connectivity index (χ3n) is 4.58. The Kier molecular flexibility index (Phi) is 12.1. The van der Waals surface area contributed by atoms with Gasteiger partial charge in [0.25, 0.3) is 0 Å². The van der Waals surface area contributed by atoms with Crippen molar-refractivity contribution in [1.82, 2.24) is 0 Å². The highest BCUT2D eigenvalue weighted by atomic mass is 16.5. The zero-order valence-corrected chi connectivity index (χ0v) is 16.1. The van der Waals surface area contributed by atoms with Crippen molar-refractivity contribution in [2.45, 2.75) is 98.3 Å². The molecule has 3 heteroatoms. The molecule has 0 heterocycles. The highest BCUT2D eigenvalue weighted by Crippen LogP contribution is 2.22. The number of rotatable bonds is 14. The first-order valence-corrected chi connectivity index (χ1v) is 9.44. The molecule has 0 fully saturated rings. The topological polar surface area (TPSA) is 43.4 Å². The van der Waals surface area contributed by atoms with Gasteiger partial charge in [0.05, 0.1) is 7.11 Å². The van der Waals surface area contributed by atoms with Gasteiger partial charge in [-0.2, -0.15) is 0 Å². The summed E-state index contributed by atoms with van der Waals surface area (Å²) in [6.45, 7) is 7.88. The molecule has 0 aromatic carbocycles. The molecular weight excluding hydrogens is 288 g/mol. The average Bonchev–Trinajstić information content (AvgIpc) is 2.50. The Balaban J connectivity index is 3.49. The van der Waals surface area contributed by atoms with Gasteiger partial charge in [0.2, 0.25) is 0 Å². The van der Waals surface area contributed by atoms with E-state index in [-0.39, 0.29) is 5.78 Å². The molecule has 0 N–H and O–H groups in total. The third kappa shape index (κ3) is 10.5. The number of ether oxygens (including phenoxy) is 1. The van der Waals surface area contributed by atoms with Gasteiger partial charge in [-0.25, -0.2) is 0 Å². The van der Waals surface area contributed by atoms with Crippen molar-refractivity contribution in [3.8, 4) is 0 Å². The number of unbranched alkanes of at least 4 members (excludes halogenated alkanes) is 8. The van der Waals surface area contributed by atoms with Crippen LogP contribution in [-0.2, 0) is 14.3 Å². The van der Waals surface area contributed by atoms with Gasteiger partial charge in [-0.1, -0.05) is 71.6 Å². The smallest absolute Gasteiger partial charge is 0.318 e. The van der Waals surface area contributed by atoms with Gasteiger partial charge >= 0.3 is 5.97 Å². The van der Waals surface area contributed by atoms with E-state index in [1.54, 1.807) is 13.8 Å². The molecule has 0 unspecified atom stereocenters. The van der Waals surface area contributed by atoms with Crippen LogP contribution in [0.5, 0.6) is 0 Å². The largest absolute Gasteiger partial charge is 0.468 e. The number of methoxy groups -OCH3 is 1. The predicted octanol–water partition coefficient (Wildman–Crippen LogP) is 5.70. The zero-order chi connectivity index (χ0) is 17.7. The number of ketones is 1. The van der Waals surface area contributed by atoms with Crippen LogP contribution in [0.15, 0.2) is 0 Å². The molecule has 23 heavy (non-hydrogen) atoms. The maximum Gasteiger partial charge on any atom is 0.318 e. The molecule has 0 rings (SSSR count). The van der Waals surface area contributed by atoms with E-state index in [1.165, 1.54) is 58.5 Å². The second-order valence-electron chi connectivity index (χ2n) is 7.65. The molecule has 0 aromatic heterocycles. The Morgan fingerprint density at radius 2 is 1.26 bits per heavy atom. The number of carbonyl (C=O) groups is 2. The van der Waals surface area contributed by atoms with E-state index in [1.807, 2.05) is 0 Å². The van der Waals surface area contributed by atoms with Gasteiger partial charge in [0.1, 0.15) is 11.2 Å². The second-order valence-corrected chi connectivity index (χ2v) is 7.65. The third-order valence-corrected chi connectivity index (χ3v) is 4.58. The van der Waals surface area contributed by atoms with Gasteiger partial charge in [0, 0.05) is 6.42 Å². The number of hydrogen-bond acceptors (Lipinski definition) is 3. The molecule has 0 aliphatic rings. The maximum absolute atomic E-state index is 12.0. The minimum Gasteiger partial charge on any atom is -0.468 e. The van der Waals surface area contributed by atoms with Crippen molar-refractivity contribution in [2.24, 2.45) is 11.3 Å². The summed E-state index contributed by atoms with van der Waals surface area (Å²) in [4.78, 5) is 23.6. The quantitative estimate of drug-likeness (QED) is 0.233. The van der Waals surface area contributed by atoms with Crippen LogP contribution in [0, 0.1) is 11.3 Å². The Morgan fingerprint density at radius 3 is 1.70 bits per heavy atom. The molecule has 0 radical (unpaired) electrons. The summed E-state index contributed by atoms with van der Waals surface area (Å²) in [7, 11) is 1.33. The van der Waals surface area contributed by atoms with Gasteiger partial charge in [-0.05, 0) is 26.2 Å². The molecule has 0 aliphatic heterocycles. The SMILES string of the molecule is COC(=O)C(C)(C)C(=O)CCCCCCCCCCCC(C)C. The lowest BCUT2D eigenvalue weighted by Gasteiger charge is -2.19. The molecule has 0 aliphatic carbocycles. The monoisotopic (exact) mass is 326 g/mol. The van der Waals surface area contributed by atoms with E-state index in [9.17, 15) is 9.59 Å². The van der Waals surface area contributed by atoms with Crippen LogP contribution in [0.3, 0.4) is 0 Å². The zero-order valence-electron chi connectivity index (χ0n) is 16.1. The van der Waals surface area contributed by atoms with E-state index in [0.717, 1.165) is 18.8 Å². The van der Waals surface area contributed by atoms with Gasteiger partial charge in [-0.3, -0.25) is 9.59 Å². The fourth-order valence-electron chi connectivity index (χ4n) is 2.76. The van der Waals surface area contributed by atoms with Crippen molar-refractivity contribution in [3.63, 3.8) is 0 Å². The van der Waals surface area contributed by atoms with E-state index in [4.69, 9.17) is 0 Å². The number of esters is 1. The highest BCUT2D eigenvalue weighted by molar-refractivity contribution is 6.02. The molecule has 0 saturated carbocycles. The summed E-state index contributed by atoms with van der Waals surface area (Å²) in [6.07, 6.45) is 13.0. The minimum absolute atomic E-state index is 0.00509. The minimum atomic E-state index is -0.995. The van der Waals surface area contributed by atoms with Crippen molar-refractivity contribution in [3.05, 3.63) is 0 Å². The fourth-order valence-corrected chi connectivity index (χ4v) is 2.76. The standard InChI is InChI=1S/C20H38O3/c1-17(2)15-13-11-9-7-6-8-10-12-14-16-18(21)20(3,4)19(22)23-5/h17H,6-16H2,1-5H3. The maximum atomic E-state index is 12.0. The van der Waals surface area contributed by atoms with Crippen LogP contribution in [-0.4, -0.2) is 18.9 Å². The lowest BCUT2D eigenvalue weighted by atomic mass is 9.85. The van der Waals surface area contributed by atoms with Crippen LogP contribution in [0.2, 0.25) is 0 Å². The Hall–Kier alpha value is -0.860. The lowest BCUT2D eigenvalue weighted by molar-refractivity contribution is -0.155. The van der Waals surface area contributed by atoms with Gasteiger partial charge in [0.15, 0.2) is 0 Å². The Morgan fingerprint density at radius 1 is 0.826 bits per heavy atom. The van der Waals surface area contributed by atoms with E-state index < -0.39 is 11.4 Å². The van der Waals surface area contributed by atoms with Crippen LogP contribution in [0.4, 0.5) is 0 Å². The lowest BCUT2D eigenvalue weighted by Crippen LogP contribution is -2.34. The van der Waals surface area contributed by atoms with Crippen molar-refractivity contribution >= 4 is 11.8 Å². The van der Waals surface area contributed by atoms with Crippen molar-refractivity contribution < 1.29 is 14.3 Å². The van der Waals surface area contributed by atoms with E-state index >= 15 is 0 Å². The Bertz CT molecular complexity index is 332. The van der Waals surface area contributed by atoms with E-state index in [0.29, 0.717) is 6.42 Å². The first-order valence-electron chi connectivity index (χ1n) is 9.44. The van der Waals surface area contributed by atoms with Crippen LogP contribution >= 0.6 is 0 Å². The van der Waals surface area contributed by atoms with Crippen LogP contribution in [0.25, 0.3) is 0 Å². The summed E-state index contributed by atoms with van der Waals surface area (Å²) in [5, 5.41) is 0. The first-order chi connectivity index (χ1) is 10.8. The molecule has 0 spiro atoms. The predicted molar refractivity (Wildman–Crippen MR) is 96.4 cm³/mol. The molecule has 136 valence electrons. The molecular formula is C20H38O3. The normalized spacial score (nSPS) is 11.7. The summed E-state index contributed by atoms with van der Waals surface area (Å²) >= 11 is 0. The van der Waals surface area contributed by atoms with Crippen molar-refractivity contribution in [1.29, 1.82) is 0 Å². The summed E-state index contributed by atoms with van der Waals surface area (Å²) < 4.78 is 4.69. The average molecular weight is 327 g/mol. The summed E-state index contributed by atoms with van der Waals surface area (Å²) in [5.41, 5.74) is -0.995. The molecule has 0 saturated heterocycles. The summed E-state index contributed by atoms with van der Waals surface area (Å²) in [5.74, 6) is 0.399. The fraction of sp³-hybridized carbons (Fsp3) is 0.900. The van der Waals surface area contributed by atoms with E-state index in [2.05, 4.69) is 18.6 Å². The van der Waals surface area contributed by atoms with Gasteiger partial charge in [-0.15, -0.1) is 0 Å². The summed E-state index contributed by atoms with van der Waals surface area (Å²) in [6, 6.07) is 0. The molecule has 0 amide bonds. The molecule has 0 bridgehead atoms. The van der Waals surface area contributed by atoms with Gasteiger partial charge < -0.3 is 4.74 Å². The second kappa shape index (κ2) is 12.5. The molecule has 0 atom stereocenters. The number of carbonyl (C=O) groups excluding carboxylic acids is 2. The first kappa shape index (κ1) is 22.1. The number of Topliss-reactive ketones (excluding diaryl/α,β-unsaturated/α-hetero) is 1. The number of hydrogen-bond donors (Lipinski definition) is 0. The van der Waals surface area contributed by atoms with Crippen LogP contribution in [0.1, 0.15) is 98.3 Å². The van der Waals surface area contributed by atoms with Crippen molar-refractivity contribution in [2.75, 3.05) is 7.11 Å². The highest BCUT2D eigenvalue weighted by Gasteiger charge is 2.35.